The van der Waals surface area contributed by atoms with Crippen molar-refractivity contribution in [1.82, 2.24) is 4.90 Å². The number of rotatable bonds is 10. The number of carbonyl (C=O) groups excluding carboxylic acids is 2. The predicted octanol–water partition coefficient (Wildman–Crippen LogP) is 5.09. The van der Waals surface area contributed by atoms with E-state index in [1.54, 1.807) is 0 Å². The van der Waals surface area contributed by atoms with Crippen molar-refractivity contribution in [3.8, 4) is 0 Å². The Morgan fingerprint density at radius 1 is 1.10 bits per heavy atom. The monoisotopic (exact) mass is 438 g/mol. The predicted molar refractivity (Wildman–Crippen MR) is 126 cm³/mol. The van der Waals surface area contributed by atoms with Crippen LogP contribution in [-0.4, -0.2) is 43.3 Å². The summed E-state index contributed by atoms with van der Waals surface area (Å²) in [5.74, 6) is 0.391. The summed E-state index contributed by atoms with van der Waals surface area (Å²) in [5.41, 5.74) is 5.30. The molecule has 4 rings (SSSR count). The molecule has 2 heterocycles. The van der Waals surface area contributed by atoms with E-state index in [2.05, 4.69) is 18.0 Å². The van der Waals surface area contributed by atoms with Crippen molar-refractivity contribution in [2.45, 2.75) is 51.4 Å². The second-order valence-electron chi connectivity index (χ2n) is 8.85. The number of nitrogens with zero attached hydrogens (tertiary/aromatic N) is 2. The Hall–Kier alpha value is -2.17. The van der Waals surface area contributed by atoms with Gasteiger partial charge in [-0.3, -0.25) is 9.59 Å². The average Bonchev–Trinajstić information content (AvgIpc) is 3.09. The standard InChI is InChI=1S/C26H31ClN2O2/c1-28(15-12-19-8-4-5-10-23(19)27)13-6-2-3-11-24(30)21-16-20-9-7-14-29-25(31)18-22(17-21)26(20)29/h4-5,8,10,16-17H,2-3,6-7,9,11-15,18H2,1H3. The summed E-state index contributed by atoms with van der Waals surface area (Å²) in [6.07, 6.45) is 6.98. The molecule has 0 fully saturated rings. The molecule has 2 aliphatic heterocycles. The normalized spacial score (nSPS) is 14.9. The van der Waals surface area contributed by atoms with E-state index in [0.717, 1.165) is 80.0 Å². The van der Waals surface area contributed by atoms with Crippen molar-refractivity contribution in [2.24, 2.45) is 0 Å². The lowest BCUT2D eigenvalue weighted by Crippen LogP contribution is -2.31. The highest BCUT2D eigenvalue weighted by molar-refractivity contribution is 6.31. The molecule has 31 heavy (non-hydrogen) atoms. The third-order valence-corrected chi connectivity index (χ3v) is 6.86. The van der Waals surface area contributed by atoms with Crippen molar-refractivity contribution in [3.63, 3.8) is 0 Å². The minimum absolute atomic E-state index is 0.180. The topological polar surface area (TPSA) is 40.6 Å². The number of amides is 1. The molecule has 0 saturated heterocycles. The van der Waals surface area contributed by atoms with Crippen LogP contribution >= 0.6 is 11.6 Å². The Bertz CT molecular complexity index is 972. The number of Topliss-reactive ketones (excluding diaryl/α,β-unsaturated/α-hetero) is 1. The fourth-order valence-electron chi connectivity index (χ4n) is 4.75. The van der Waals surface area contributed by atoms with E-state index in [1.165, 1.54) is 11.1 Å². The molecule has 1 amide bonds. The van der Waals surface area contributed by atoms with Crippen LogP contribution in [0.2, 0.25) is 5.02 Å². The number of likely N-dealkylation sites (N-methyl/N-ethyl adjacent to an activating group) is 1. The fourth-order valence-corrected chi connectivity index (χ4v) is 4.98. The zero-order chi connectivity index (χ0) is 21.8. The number of benzene rings is 2. The molecular weight excluding hydrogens is 408 g/mol. The number of ketones is 1. The van der Waals surface area contributed by atoms with Crippen molar-refractivity contribution < 1.29 is 9.59 Å². The third-order valence-electron chi connectivity index (χ3n) is 6.49. The molecule has 5 heteroatoms. The van der Waals surface area contributed by atoms with Gasteiger partial charge < -0.3 is 9.80 Å². The molecule has 0 aromatic heterocycles. The molecule has 164 valence electrons. The summed E-state index contributed by atoms with van der Waals surface area (Å²) >= 11 is 6.23. The molecule has 0 aliphatic carbocycles. The van der Waals surface area contributed by atoms with E-state index in [-0.39, 0.29) is 11.7 Å². The number of hydrogen-bond donors (Lipinski definition) is 0. The van der Waals surface area contributed by atoms with Gasteiger partial charge in [0, 0.05) is 30.1 Å². The Morgan fingerprint density at radius 3 is 2.74 bits per heavy atom. The molecule has 4 nitrogen and oxygen atoms in total. The van der Waals surface area contributed by atoms with Crippen molar-refractivity contribution >= 4 is 29.0 Å². The van der Waals surface area contributed by atoms with Crippen LogP contribution in [0, 0.1) is 0 Å². The number of anilines is 1. The molecule has 0 radical (unpaired) electrons. The Labute approximate surface area is 190 Å². The van der Waals surface area contributed by atoms with Crippen LogP contribution in [0.4, 0.5) is 5.69 Å². The van der Waals surface area contributed by atoms with Crippen molar-refractivity contribution in [2.75, 3.05) is 31.6 Å². The molecule has 0 saturated carbocycles. The van der Waals surface area contributed by atoms with E-state index in [1.807, 2.05) is 35.2 Å². The molecule has 0 spiro atoms. The van der Waals surface area contributed by atoms with Gasteiger partial charge in [0.05, 0.1) is 12.1 Å². The van der Waals surface area contributed by atoms with Crippen LogP contribution in [0.5, 0.6) is 0 Å². The lowest BCUT2D eigenvalue weighted by Gasteiger charge is -2.25. The van der Waals surface area contributed by atoms with Gasteiger partial charge in [-0.15, -0.1) is 0 Å². The highest BCUT2D eigenvalue weighted by Crippen LogP contribution is 2.37. The van der Waals surface area contributed by atoms with Crippen LogP contribution in [0.25, 0.3) is 0 Å². The van der Waals surface area contributed by atoms with Crippen LogP contribution in [0.3, 0.4) is 0 Å². The first kappa shape index (κ1) is 22.0. The van der Waals surface area contributed by atoms with Gasteiger partial charge in [0.2, 0.25) is 5.91 Å². The molecular formula is C26H31ClN2O2. The number of unbranched alkanes of at least 4 members (excludes halogenated alkanes) is 2. The number of carbonyl (C=O) groups is 2. The zero-order valence-corrected chi connectivity index (χ0v) is 19.1. The Kier molecular flexibility index (Phi) is 7.09. The summed E-state index contributed by atoms with van der Waals surface area (Å²) in [7, 11) is 2.14. The largest absolute Gasteiger partial charge is 0.312 e. The van der Waals surface area contributed by atoms with E-state index in [9.17, 15) is 9.59 Å². The summed E-state index contributed by atoms with van der Waals surface area (Å²) in [6, 6.07) is 12.0. The van der Waals surface area contributed by atoms with Crippen LogP contribution in [0.1, 0.15) is 59.2 Å². The zero-order valence-electron chi connectivity index (χ0n) is 18.3. The van der Waals surface area contributed by atoms with Gasteiger partial charge in [-0.2, -0.15) is 0 Å². The van der Waals surface area contributed by atoms with Crippen LogP contribution in [-0.2, 0) is 24.1 Å². The fraction of sp³-hybridized carbons (Fsp3) is 0.462. The van der Waals surface area contributed by atoms with Gasteiger partial charge in [0.1, 0.15) is 0 Å². The first-order chi connectivity index (χ1) is 15.0. The van der Waals surface area contributed by atoms with Crippen molar-refractivity contribution in [1.29, 1.82) is 0 Å². The van der Waals surface area contributed by atoms with E-state index < -0.39 is 0 Å². The number of hydrogen-bond acceptors (Lipinski definition) is 3. The maximum absolute atomic E-state index is 12.8. The maximum atomic E-state index is 12.8. The highest BCUT2D eigenvalue weighted by atomic mass is 35.5. The average molecular weight is 439 g/mol. The maximum Gasteiger partial charge on any atom is 0.231 e. The molecule has 2 aromatic rings. The molecule has 0 N–H and O–H groups in total. The van der Waals surface area contributed by atoms with E-state index >= 15 is 0 Å². The lowest BCUT2D eigenvalue weighted by atomic mass is 9.94. The molecule has 0 atom stereocenters. The van der Waals surface area contributed by atoms with Gasteiger partial charge in [0.25, 0.3) is 0 Å². The highest BCUT2D eigenvalue weighted by Gasteiger charge is 2.32. The Balaban J connectivity index is 1.19. The summed E-state index contributed by atoms with van der Waals surface area (Å²) in [5, 5.41) is 0.840. The third kappa shape index (κ3) is 5.19. The molecule has 0 bridgehead atoms. The van der Waals surface area contributed by atoms with Gasteiger partial charge in [0.15, 0.2) is 5.78 Å². The minimum atomic E-state index is 0.180. The smallest absolute Gasteiger partial charge is 0.231 e. The quantitative estimate of drug-likeness (QED) is 0.383. The van der Waals surface area contributed by atoms with E-state index in [4.69, 9.17) is 11.6 Å². The van der Waals surface area contributed by atoms with Gasteiger partial charge in [-0.25, -0.2) is 0 Å². The second-order valence-corrected chi connectivity index (χ2v) is 9.25. The van der Waals surface area contributed by atoms with Crippen LogP contribution in [0.15, 0.2) is 36.4 Å². The molecule has 0 unspecified atom stereocenters. The lowest BCUT2D eigenvalue weighted by molar-refractivity contribution is -0.117. The summed E-state index contributed by atoms with van der Waals surface area (Å²) in [6.45, 7) is 2.83. The van der Waals surface area contributed by atoms with Crippen LogP contribution < -0.4 is 4.90 Å². The SMILES string of the molecule is CN(CCCCCC(=O)c1cc2c3c(c1)CC(=O)N3CCC2)CCc1ccccc1Cl. The van der Waals surface area contributed by atoms with Crippen molar-refractivity contribution in [3.05, 3.63) is 63.7 Å². The minimum Gasteiger partial charge on any atom is -0.312 e. The molecule has 2 aromatic carbocycles. The second kappa shape index (κ2) is 9.97. The first-order valence-corrected chi connectivity index (χ1v) is 11.8. The number of aryl methyl sites for hydroxylation is 1. The van der Waals surface area contributed by atoms with Gasteiger partial charge in [-0.1, -0.05) is 36.2 Å². The van der Waals surface area contributed by atoms with Gasteiger partial charge >= 0.3 is 0 Å². The van der Waals surface area contributed by atoms with Gasteiger partial charge in [-0.05, 0) is 80.6 Å². The number of halogens is 1. The Morgan fingerprint density at radius 2 is 1.90 bits per heavy atom. The summed E-state index contributed by atoms with van der Waals surface area (Å²) in [4.78, 5) is 29.2. The van der Waals surface area contributed by atoms with E-state index in [0.29, 0.717) is 12.8 Å². The summed E-state index contributed by atoms with van der Waals surface area (Å²) < 4.78 is 0. The first-order valence-electron chi connectivity index (χ1n) is 11.4. The molecule has 2 aliphatic rings.